The molecule has 1 saturated carbocycles. The number of nitrogens with zero attached hydrogens (tertiary/aromatic N) is 4. The number of hydrogen-bond donors (Lipinski definition) is 2. The van der Waals surface area contributed by atoms with Crippen LogP contribution in [0, 0.1) is 5.82 Å². The van der Waals surface area contributed by atoms with Crippen LogP contribution in [0.25, 0.3) is 10.9 Å². The maximum Gasteiger partial charge on any atom is 0.341 e. The standard InChI is InChI=1S/C28H30FN5O5.BrH/c1-2-7-30-25(35)17-31-8-5-18(6-9-31)27(37)33-12-10-32(11-13-33)24-15-23-20(14-22(24)29)26(36)21(28(38)39)16-34(23)19-3-4-19;/h5-6,8-9,14-16,19H,2-4,7,10-13,17H2,1H3,(H-,30,35,38,39);1H. The molecule has 2 amide bonds. The number of anilines is 1. The summed E-state index contributed by atoms with van der Waals surface area (Å²) in [6, 6.07) is 6.23. The molecule has 2 aromatic heterocycles. The molecule has 10 nitrogen and oxygen atoms in total. The van der Waals surface area contributed by atoms with E-state index in [1.54, 1.807) is 44.6 Å². The molecule has 2 fully saturated rings. The van der Waals surface area contributed by atoms with Gasteiger partial charge >= 0.3 is 5.97 Å². The molecule has 0 spiro atoms. The topological polar surface area (TPSA) is 116 Å². The van der Waals surface area contributed by atoms with Gasteiger partial charge in [-0.15, -0.1) is 0 Å². The molecule has 0 bridgehead atoms. The lowest BCUT2D eigenvalue weighted by Gasteiger charge is -2.36. The number of hydrogen-bond acceptors (Lipinski definition) is 5. The summed E-state index contributed by atoms with van der Waals surface area (Å²) in [5, 5.41) is 12.3. The maximum atomic E-state index is 15.2. The van der Waals surface area contributed by atoms with Crippen molar-refractivity contribution in [1.29, 1.82) is 0 Å². The number of piperazine rings is 1. The summed E-state index contributed by atoms with van der Waals surface area (Å²) < 4.78 is 18.7. The molecule has 1 aliphatic heterocycles. The molecule has 0 unspecified atom stereocenters. The van der Waals surface area contributed by atoms with Gasteiger partial charge in [-0.1, -0.05) is 6.92 Å². The van der Waals surface area contributed by atoms with E-state index in [0.29, 0.717) is 49.5 Å². The van der Waals surface area contributed by atoms with E-state index < -0.39 is 17.2 Å². The third-order valence-corrected chi connectivity index (χ3v) is 7.22. The van der Waals surface area contributed by atoms with Gasteiger partial charge in [0.05, 0.1) is 16.8 Å². The van der Waals surface area contributed by atoms with Gasteiger partial charge in [0.25, 0.3) is 11.8 Å². The molecular weight excluding hydrogens is 585 g/mol. The lowest BCUT2D eigenvalue weighted by Crippen LogP contribution is -3.00. The summed E-state index contributed by atoms with van der Waals surface area (Å²) in [6.45, 7) is 4.36. The predicted octanol–water partition coefficient (Wildman–Crippen LogP) is -1.05. The molecule has 1 aromatic carbocycles. The van der Waals surface area contributed by atoms with Crippen molar-refractivity contribution in [3.8, 4) is 0 Å². The average molecular weight is 616 g/mol. The van der Waals surface area contributed by atoms with Gasteiger partial charge in [-0.2, -0.15) is 4.57 Å². The maximum absolute atomic E-state index is 15.2. The Morgan fingerprint density at radius 3 is 2.38 bits per heavy atom. The second-order valence-corrected chi connectivity index (χ2v) is 10.0. The van der Waals surface area contributed by atoms with Gasteiger partial charge in [0.1, 0.15) is 11.4 Å². The van der Waals surface area contributed by atoms with Crippen LogP contribution in [0.1, 0.15) is 52.9 Å². The fourth-order valence-corrected chi connectivity index (χ4v) is 4.93. The number of aromatic carboxylic acids is 1. The molecule has 3 aromatic rings. The van der Waals surface area contributed by atoms with E-state index in [4.69, 9.17) is 0 Å². The summed E-state index contributed by atoms with van der Waals surface area (Å²) >= 11 is 0. The highest BCUT2D eigenvalue weighted by atomic mass is 79.9. The highest BCUT2D eigenvalue weighted by Gasteiger charge is 2.29. The van der Waals surface area contributed by atoms with Crippen molar-refractivity contribution in [1.82, 2.24) is 14.8 Å². The summed E-state index contributed by atoms with van der Waals surface area (Å²) in [5.74, 6) is -2.15. The molecule has 212 valence electrons. The number of carbonyl (C=O) groups is 3. The average Bonchev–Trinajstić information content (AvgIpc) is 3.78. The number of benzene rings is 1. The fraction of sp³-hybridized carbons (Fsp3) is 0.393. The van der Waals surface area contributed by atoms with E-state index >= 15 is 4.39 Å². The van der Waals surface area contributed by atoms with Crippen molar-refractivity contribution < 1.29 is 45.4 Å². The number of carbonyl (C=O) groups excluding carboxylic acids is 2. The Labute approximate surface area is 240 Å². The molecule has 1 aliphatic carbocycles. The number of nitrogens with one attached hydrogen (secondary N) is 1. The van der Waals surface area contributed by atoms with Gasteiger partial charge < -0.3 is 41.8 Å². The highest BCUT2D eigenvalue weighted by Crippen LogP contribution is 2.38. The number of aromatic nitrogens is 2. The molecule has 2 aliphatic rings. The van der Waals surface area contributed by atoms with Gasteiger partial charge in [0.2, 0.25) is 12.0 Å². The van der Waals surface area contributed by atoms with Crippen molar-refractivity contribution in [2.24, 2.45) is 0 Å². The SMILES string of the molecule is CCCNC(=O)C[n+]1ccc(C(=O)N2CCN(c3cc4c(cc3F)c(=O)c(C(=O)O)cn4C3CC3)CC2)cc1.[Br-]. The van der Waals surface area contributed by atoms with E-state index in [2.05, 4.69) is 5.32 Å². The zero-order valence-corrected chi connectivity index (χ0v) is 23.7. The van der Waals surface area contributed by atoms with Gasteiger partial charge in [-0.05, 0) is 31.4 Å². The van der Waals surface area contributed by atoms with Crippen LogP contribution in [-0.4, -0.2) is 65.1 Å². The largest absolute Gasteiger partial charge is 1.00 e. The third-order valence-electron chi connectivity index (χ3n) is 7.22. The Bertz CT molecular complexity index is 1500. The zero-order valence-electron chi connectivity index (χ0n) is 22.1. The lowest BCUT2D eigenvalue weighted by molar-refractivity contribution is -0.684. The Hall–Kier alpha value is -3.80. The summed E-state index contributed by atoms with van der Waals surface area (Å²) in [6.07, 6.45) is 7.37. The van der Waals surface area contributed by atoms with Crippen molar-refractivity contribution >= 4 is 34.4 Å². The van der Waals surface area contributed by atoms with E-state index in [1.807, 2.05) is 11.8 Å². The van der Waals surface area contributed by atoms with Crippen LogP contribution in [0.2, 0.25) is 0 Å². The lowest BCUT2D eigenvalue weighted by atomic mass is 10.1. The van der Waals surface area contributed by atoms with E-state index in [-0.39, 0.29) is 52.3 Å². The van der Waals surface area contributed by atoms with E-state index in [9.17, 15) is 24.3 Å². The van der Waals surface area contributed by atoms with Crippen LogP contribution in [0.5, 0.6) is 0 Å². The van der Waals surface area contributed by atoms with Crippen molar-refractivity contribution in [2.75, 3.05) is 37.6 Å². The molecular formula is C28H31BrFN5O5. The molecule has 1 saturated heterocycles. The summed E-state index contributed by atoms with van der Waals surface area (Å²) in [4.78, 5) is 52.9. The van der Waals surface area contributed by atoms with Crippen LogP contribution in [0.4, 0.5) is 10.1 Å². The highest BCUT2D eigenvalue weighted by molar-refractivity contribution is 5.95. The summed E-state index contributed by atoms with van der Waals surface area (Å²) in [5.41, 5.74) is 0.297. The number of halogens is 2. The monoisotopic (exact) mass is 615 g/mol. The first-order chi connectivity index (χ1) is 18.8. The Morgan fingerprint density at radius 2 is 1.77 bits per heavy atom. The molecule has 12 heteroatoms. The molecule has 3 heterocycles. The molecule has 0 atom stereocenters. The first kappa shape index (κ1) is 29.2. The number of fused-ring (bicyclic) bond motifs is 1. The van der Waals surface area contributed by atoms with Crippen LogP contribution < -0.4 is 37.2 Å². The minimum Gasteiger partial charge on any atom is -1.00 e. The van der Waals surface area contributed by atoms with Crippen LogP contribution >= 0.6 is 0 Å². The number of carboxylic acids is 1. The molecule has 40 heavy (non-hydrogen) atoms. The number of pyridine rings is 2. The Balaban J connectivity index is 0.00000370. The van der Waals surface area contributed by atoms with Crippen molar-refractivity contribution in [2.45, 2.75) is 38.8 Å². The van der Waals surface area contributed by atoms with E-state index in [1.165, 1.54) is 6.20 Å². The normalized spacial score (nSPS) is 15.1. The summed E-state index contributed by atoms with van der Waals surface area (Å²) in [7, 11) is 0. The van der Waals surface area contributed by atoms with Gasteiger partial charge in [-0.25, -0.2) is 9.18 Å². The fourth-order valence-electron chi connectivity index (χ4n) is 4.93. The number of amides is 2. The minimum atomic E-state index is -1.33. The zero-order chi connectivity index (χ0) is 27.7. The van der Waals surface area contributed by atoms with Gasteiger partial charge in [-0.3, -0.25) is 14.4 Å². The predicted molar refractivity (Wildman–Crippen MR) is 141 cm³/mol. The van der Waals surface area contributed by atoms with Gasteiger partial charge in [0, 0.05) is 62.5 Å². The third kappa shape index (κ3) is 6.01. The molecule has 5 rings (SSSR count). The van der Waals surface area contributed by atoms with Crippen molar-refractivity contribution in [3.05, 3.63) is 70.0 Å². The van der Waals surface area contributed by atoms with Crippen LogP contribution in [-0.2, 0) is 11.3 Å². The molecule has 0 radical (unpaired) electrons. The molecule has 2 N–H and O–H groups in total. The second-order valence-electron chi connectivity index (χ2n) is 10.0. The number of carboxylic acid groups (broad SMARTS) is 1. The van der Waals surface area contributed by atoms with Crippen LogP contribution in [0.3, 0.4) is 0 Å². The van der Waals surface area contributed by atoms with E-state index in [0.717, 1.165) is 25.3 Å². The first-order valence-corrected chi connectivity index (χ1v) is 13.2. The minimum absolute atomic E-state index is 0. The quantitative estimate of drug-likeness (QED) is 0.313. The smallest absolute Gasteiger partial charge is 0.341 e. The van der Waals surface area contributed by atoms with Crippen molar-refractivity contribution in [3.63, 3.8) is 0 Å². The second kappa shape index (κ2) is 12.2. The van der Waals surface area contributed by atoms with Crippen LogP contribution in [0.15, 0.2) is 47.7 Å². The number of rotatable bonds is 8. The van der Waals surface area contributed by atoms with Gasteiger partial charge in [0.15, 0.2) is 12.4 Å². The Morgan fingerprint density at radius 1 is 1.10 bits per heavy atom. The first-order valence-electron chi connectivity index (χ1n) is 13.2. The Kier molecular flexibility index (Phi) is 8.87.